The summed E-state index contributed by atoms with van der Waals surface area (Å²) < 4.78 is 1.61. The van der Waals surface area contributed by atoms with Crippen LogP contribution in [0.5, 0.6) is 0 Å². The van der Waals surface area contributed by atoms with E-state index in [-0.39, 0.29) is 5.69 Å². The Kier molecular flexibility index (Phi) is 3.74. The van der Waals surface area contributed by atoms with Gasteiger partial charge in [-0.3, -0.25) is 4.68 Å². The summed E-state index contributed by atoms with van der Waals surface area (Å²) in [6, 6.07) is 0. The lowest BCUT2D eigenvalue weighted by atomic mass is 9.88. The third-order valence-corrected chi connectivity index (χ3v) is 4.90. The summed E-state index contributed by atoms with van der Waals surface area (Å²) in [5, 5.41) is 16.3. The van der Waals surface area contributed by atoms with Crippen molar-refractivity contribution in [3.63, 3.8) is 0 Å². The molecule has 20 heavy (non-hydrogen) atoms. The quantitative estimate of drug-likeness (QED) is 0.850. The van der Waals surface area contributed by atoms with E-state index in [0.717, 1.165) is 30.8 Å². The van der Waals surface area contributed by atoms with Gasteiger partial charge in [-0.25, -0.2) is 4.79 Å². The highest BCUT2D eigenvalue weighted by molar-refractivity contribution is 5.84. The zero-order valence-electron chi connectivity index (χ0n) is 11.9. The summed E-state index contributed by atoms with van der Waals surface area (Å²) in [6.45, 7) is 2.73. The van der Waals surface area contributed by atoms with Gasteiger partial charge in [0.1, 0.15) is 0 Å². The van der Waals surface area contributed by atoms with E-state index in [4.69, 9.17) is 5.11 Å². The zero-order chi connectivity index (χ0) is 14.1. The normalized spacial score (nSPS) is 28.4. The maximum Gasteiger partial charge on any atom is 0.358 e. The van der Waals surface area contributed by atoms with Crippen molar-refractivity contribution in [2.75, 3.05) is 20.1 Å². The van der Waals surface area contributed by atoms with Gasteiger partial charge in [0, 0.05) is 13.1 Å². The van der Waals surface area contributed by atoms with Crippen molar-refractivity contribution in [3.8, 4) is 0 Å². The number of nitrogens with zero attached hydrogens (tertiary/aromatic N) is 4. The van der Waals surface area contributed by atoms with E-state index in [1.807, 2.05) is 0 Å². The minimum absolute atomic E-state index is 0.0146. The number of carboxylic acids is 1. The Balaban J connectivity index is 1.44. The smallest absolute Gasteiger partial charge is 0.358 e. The van der Waals surface area contributed by atoms with Gasteiger partial charge >= 0.3 is 5.97 Å². The molecular weight excluding hydrogens is 256 g/mol. The van der Waals surface area contributed by atoms with Gasteiger partial charge in [-0.15, -0.1) is 5.10 Å². The molecule has 1 aromatic heterocycles. The Bertz CT molecular complexity index is 487. The van der Waals surface area contributed by atoms with Crippen LogP contribution in [0.25, 0.3) is 0 Å². The second-order valence-electron chi connectivity index (χ2n) is 6.37. The highest BCUT2D eigenvalue weighted by atomic mass is 16.4. The second-order valence-corrected chi connectivity index (χ2v) is 6.37. The molecule has 0 saturated heterocycles. The van der Waals surface area contributed by atoms with Crippen LogP contribution in [-0.4, -0.2) is 51.1 Å². The molecule has 0 spiro atoms. The van der Waals surface area contributed by atoms with E-state index in [9.17, 15) is 4.79 Å². The molecule has 6 nitrogen and oxygen atoms in total. The lowest BCUT2D eigenvalue weighted by Gasteiger charge is -2.27. The predicted octanol–water partition coefficient (Wildman–Crippen LogP) is 1.34. The first-order chi connectivity index (χ1) is 9.61. The third kappa shape index (κ3) is 2.85. The van der Waals surface area contributed by atoms with Gasteiger partial charge < -0.3 is 10.0 Å². The molecule has 2 fully saturated rings. The zero-order valence-corrected chi connectivity index (χ0v) is 11.9. The van der Waals surface area contributed by atoms with Crippen molar-refractivity contribution in [1.29, 1.82) is 0 Å². The van der Waals surface area contributed by atoms with Crippen LogP contribution >= 0.6 is 0 Å². The molecule has 2 saturated carbocycles. The van der Waals surface area contributed by atoms with Crippen LogP contribution in [-0.2, 0) is 6.54 Å². The Hall–Kier alpha value is -1.43. The van der Waals surface area contributed by atoms with Gasteiger partial charge in [0.25, 0.3) is 0 Å². The van der Waals surface area contributed by atoms with E-state index in [1.165, 1.54) is 31.9 Å². The number of fused-ring (bicyclic) bond motifs is 2. The molecule has 110 valence electrons. The van der Waals surface area contributed by atoms with Crippen LogP contribution in [0.1, 0.15) is 36.2 Å². The van der Waals surface area contributed by atoms with Crippen molar-refractivity contribution < 1.29 is 9.90 Å². The first-order valence-electron chi connectivity index (χ1n) is 7.44. The monoisotopic (exact) mass is 278 g/mol. The summed E-state index contributed by atoms with van der Waals surface area (Å²) in [7, 11) is 2.14. The fraction of sp³-hybridized carbons (Fsp3) is 0.786. The number of hydrogen-bond acceptors (Lipinski definition) is 4. The van der Waals surface area contributed by atoms with Crippen molar-refractivity contribution in [3.05, 3.63) is 11.9 Å². The van der Waals surface area contributed by atoms with Crippen LogP contribution in [0, 0.1) is 17.8 Å². The fourth-order valence-electron chi connectivity index (χ4n) is 3.87. The van der Waals surface area contributed by atoms with Crippen molar-refractivity contribution in [1.82, 2.24) is 19.9 Å². The molecule has 1 aromatic rings. The third-order valence-electron chi connectivity index (χ3n) is 4.90. The molecule has 2 bridgehead atoms. The van der Waals surface area contributed by atoms with E-state index in [0.29, 0.717) is 6.54 Å². The molecule has 2 aliphatic carbocycles. The maximum absolute atomic E-state index is 10.7. The number of carboxylic acid groups (broad SMARTS) is 1. The molecule has 1 heterocycles. The largest absolute Gasteiger partial charge is 0.476 e. The summed E-state index contributed by atoms with van der Waals surface area (Å²) in [6.07, 6.45) is 7.22. The number of aromatic nitrogens is 3. The predicted molar refractivity (Wildman–Crippen MR) is 73.4 cm³/mol. The average molecular weight is 278 g/mol. The number of aromatic carboxylic acids is 1. The van der Waals surface area contributed by atoms with Crippen LogP contribution in [0.3, 0.4) is 0 Å². The van der Waals surface area contributed by atoms with Gasteiger partial charge in [-0.2, -0.15) is 0 Å². The molecule has 3 rings (SSSR count). The van der Waals surface area contributed by atoms with Crippen LogP contribution in [0.15, 0.2) is 6.20 Å². The minimum atomic E-state index is -1.02. The van der Waals surface area contributed by atoms with Crippen LogP contribution < -0.4 is 0 Å². The molecular formula is C14H22N4O2. The number of carbonyl (C=O) groups is 1. The van der Waals surface area contributed by atoms with Gasteiger partial charge in [-0.05, 0) is 44.1 Å². The van der Waals surface area contributed by atoms with Crippen LogP contribution in [0.2, 0.25) is 0 Å². The van der Waals surface area contributed by atoms with Crippen molar-refractivity contribution in [2.45, 2.75) is 32.2 Å². The standard InChI is InChI=1S/C14H22N4O2/c1-17(8-12-7-10-2-3-11(12)6-10)4-5-18-9-13(14(19)20)15-16-18/h9-12H,2-8H2,1H3,(H,19,20). The summed E-state index contributed by atoms with van der Waals surface area (Å²) >= 11 is 0. The first-order valence-corrected chi connectivity index (χ1v) is 7.44. The molecule has 0 aliphatic heterocycles. The highest BCUT2D eigenvalue weighted by Crippen LogP contribution is 2.48. The van der Waals surface area contributed by atoms with Gasteiger partial charge in [-0.1, -0.05) is 11.6 Å². The van der Waals surface area contributed by atoms with Crippen LogP contribution in [0.4, 0.5) is 0 Å². The Morgan fingerprint density at radius 3 is 2.95 bits per heavy atom. The van der Waals surface area contributed by atoms with E-state index < -0.39 is 5.97 Å². The Labute approximate surface area is 118 Å². The molecule has 6 heteroatoms. The molecule has 1 N–H and O–H groups in total. The number of rotatable bonds is 6. The van der Waals surface area contributed by atoms with E-state index >= 15 is 0 Å². The number of hydrogen-bond donors (Lipinski definition) is 1. The number of likely N-dealkylation sites (N-methyl/N-ethyl adjacent to an activating group) is 1. The molecule has 3 atom stereocenters. The van der Waals surface area contributed by atoms with Gasteiger partial charge in [0.05, 0.1) is 12.7 Å². The topological polar surface area (TPSA) is 71.2 Å². The van der Waals surface area contributed by atoms with Crippen molar-refractivity contribution >= 4 is 5.97 Å². The SMILES string of the molecule is CN(CCn1cc(C(=O)O)nn1)CC1CC2CCC1C2. The Morgan fingerprint density at radius 1 is 1.50 bits per heavy atom. The first kappa shape index (κ1) is 13.5. The van der Waals surface area contributed by atoms with Gasteiger partial charge in [0.15, 0.2) is 5.69 Å². The maximum atomic E-state index is 10.7. The fourth-order valence-corrected chi connectivity index (χ4v) is 3.87. The lowest BCUT2D eigenvalue weighted by Crippen LogP contribution is -2.31. The molecule has 0 aromatic carbocycles. The van der Waals surface area contributed by atoms with Crippen molar-refractivity contribution in [2.24, 2.45) is 17.8 Å². The lowest BCUT2D eigenvalue weighted by molar-refractivity contribution is 0.0690. The molecule has 2 aliphatic rings. The highest BCUT2D eigenvalue weighted by Gasteiger charge is 2.39. The summed E-state index contributed by atoms with van der Waals surface area (Å²) in [5.74, 6) is 1.79. The molecule has 3 unspecified atom stereocenters. The van der Waals surface area contributed by atoms with E-state index in [2.05, 4.69) is 22.3 Å². The van der Waals surface area contributed by atoms with Gasteiger partial charge in [0.2, 0.25) is 0 Å². The second kappa shape index (κ2) is 5.52. The Morgan fingerprint density at radius 2 is 2.35 bits per heavy atom. The summed E-state index contributed by atoms with van der Waals surface area (Å²) in [4.78, 5) is 13.1. The average Bonchev–Trinajstić information content (AvgIpc) is 3.12. The molecule has 0 radical (unpaired) electrons. The summed E-state index contributed by atoms with van der Waals surface area (Å²) in [5.41, 5.74) is 0.0146. The molecule has 0 amide bonds. The minimum Gasteiger partial charge on any atom is -0.476 e. The van der Waals surface area contributed by atoms with E-state index in [1.54, 1.807) is 4.68 Å².